The van der Waals surface area contributed by atoms with Crippen LogP contribution in [0.4, 0.5) is 0 Å². The van der Waals surface area contributed by atoms with E-state index in [4.69, 9.17) is 16.3 Å². The highest BCUT2D eigenvalue weighted by Crippen LogP contribution is 2.33. The standard InChI is InChI=1S/C16H20ClN3O/c1-2-4-18-10-15-19-5-6-20(15)11-13-9-14(17)8-12-3-7-21-16(12)13/h5-6,8-9,18H,2-4,7,10-11H2,1H3. The lowest BCUT2D eigenvalue weighted by Gasteiger charge is -2.12. The van der Waals surface area contributed by atoms with Crippen LogP contribution in [0.2, 0.25) is 5.02 Å². The molecule has 5 heteroatoms. The summed E-state index contributed by atoms with van der Waals surface area (Å²) in [5, 5.41) is 4.16. The Morgan fingerprint density at radius 2 is 2.33 bits per heavy atom. The van der Waals surface area contributed by atoms with E-state index >= 15 is 0 Å². The molecular weight excluding hydrogens is 286 g/mol. The summed E-state index contributed by atoms with van der Waals surface area (Å²) in [6.07, 6.45) is 5.91. The van der Waals surface area contributed by atoms with Crippen LogP contribution in [0, 0.1) is 0 Å². The van der Waals surface area contributed by atoms with E-state index in [1.54, 1.807) is 0 Å². The van der Waals surface area contributed by atoms with Gasteiger partial charge in [0.2, 0.25) is 0 Å². The van der Waals surface area contributed by atoms with Crippen LogP contribution >= 0.6 is 11.6 Å². The second-order valence-electron chi connectivity index (χ2n) is 5.30. The average molecular weight is 306 g/mol. The van der Waals surface area contributed by atoms with Crippen molar-refractivity contribution in [2.24, 2.45) is 0 Å². The molecule has 1 aliphatic heterocycles. The minimum absolute atomic E-state index is 0.742. The van der Waals surface area contributed by atoms with Gasteiger partial charge >= 0.3 is 0 Å². The van der Waals surface area contributed by atoms with Crippen LogP contribution in [-0.4, -0.2) is 22.7 Å². The lowest BCUT2D eigenvalue weighted by Crippen LogP contribution is -2.18. The number of fused-ring (bicyclic) bond motifs is 1. The maximum Gasteiger partial charge on any atom is 0.127 e. The van der Waals surface area contributed by atoms with Crippen molar-refractivity contribution in [3.05, 3.63) is 46.5 Å². The maximum atomic E-state index is 6.22. The fourth-order valence-electron chi connectivity index (χ4n) is 2.68. The Morgan fingerprint density at radius 1 is 1.43 bits per heavy atom. The van der Waals surface area contributed by atoms with Gasteiger partial charge < -0.3 is 14.6 Å². The van der Waals surface area contributed by atoms with Gasteiger partial charge in [-0.15, -0.1) is 0 Å². The van der Waals surface area contributed by atoms with Gasteiger partial charge in [-0.3, -0.25) is 0 Å². The molecule has 0 unspecified atom stereocenters. The molecule has 0 fully saturated rings. The fourth-order valence-corrected chi connectivity index (χ4v) is 2.94. The second kappa shape index (κ2) is 6.50. The third-order valence-electron chi connectivity index (χ3n) is 3.68. The van der Waals surface area contributed by atoms with Gasteiger partial charge in [-0.2, -0.15) is 0 Å². The number of aromatic nitrogens is 2. The van der Waals surface area contributed by atoms with E-state index in [9.17, 15) is 0 Å². The van der Waals surface area contributed by atoms with Crippen molar-refractivity contribution in [1.29, 1.82) is 0 Å². The molecule has 0 saturated heterocycles. The van der Waals surface area contributed by atoms with Gasteiger partial charge in [0.1, 0.15) is 11.6 Å². The van der Waals surface area contributed by atoms with Crippen LogP contribution in [-0.2, 0) is 19.5 Å². The Hall–Kier alpha value is -1.52. The largest absolute Gasteiger partial charge is 0.493 e. The normalized spacial score (nSPS) is 13.2. The van der Waals surface area contributed by atoms with E-state index in [1.807, 2.05) is 24.5 Å². The number of hydrogen-bond donors (Lipinski definition) is 1. The van der Waals surface area contributed by atoms with Crippen LogP contribution < -0.4 is 10.1 Å². The van der Waals surface area contributed by atoms with E-state index < -0.39 is 0 Å². The zero-order chi connectivity index (χ0) is 14.7. The third-order valence-corrected chi connectivity index (χ3v) is 3.90. The summed E-state index contributed by atoms with van der Waals surface area (Å²) in [4.78, 5) is 4.43. The average Bonchev–Trinajstić information content (AvgIpc) is 3.08. The van der Waals surface area contributed by atoms with Gasteiger partial charge in [0.15, 0.2) is 0 Å². The molecule has 2 aromatic rings. The van der Waals surface area contributed by atoms with Crippen LogP contribution in [0.3, 0.4) is 0 Å². The molecule has 1 aliphatic rings. The summed E-state index contributed by atoms with van der Waals surface area (Å²) in [6, 6.07) is 4.00. The first-order chi connectivity index (χ1) is 10.3. The molecule has 2 heterocycles. The predicted octanol–water partition coefficient (Wildman–Crippen LogP) is 3.02. The number of ether oxygens (including phenoxy) is 1. The van der Waals surface area contributed by atoms with Gasteiger partial charge in [0.25, 0.3) is 0 Å². The van der Waals surface area contributed by atoms with Crippen LogP contribution in [0.25, 0.3) is 0 Å². The third kappa shape index (κ3) is 3.22. The molecule has 0 aliphatic carbocycles. The first-order valence-electron chi connectivity index (χ1n) is 7.42. The molecule has 21 heavy (non-hydrogen) atoms. The van der Waals surface area contributed by atoms with Gasteiger partial charge in [0, 0.05) is 29.4 Å². The van der Waals surface area contributed by atoms with E-state index in [-0.39, 0.29) is 0 Å². The van der Waals surface area contributed by atoms with E-state index in [1.165, 1.54) is 5.56 Å². The summed E-state index contributed by atoms with van der Waals surface area (Å²) >= 11 is 6.22. The van der Waals surface area contributed by atoms with E-state index in [0.29, 0.717) is 0 Å². The van der Waals surface area contributed by atoms with Gasteiger partial charge in [-0.25, -0.2) is 4.98 Å². The summed E-state index contributed by atoms with van der Waals surface area (Å²) < 4.78 is 7.91. The number of rotatable bonds is 6. The van der Waals surface area contributed by atoms with Crippen LogP contribution in [0.1, 0.15) is 30.3 Å². The van der Waals surface area contributed by atoms with Gasteiger partial charge in [-0.1, -0.05) is 18.5 Å². The zero-order valence-corrected chi connectivity index (χ0v) is 13.0. The molecule has 0 bridgehead atoms. The van der Waals surface area contributed by atoms with Crippen molar-refractivity contribution in [2.45, 2.75) is 32.9 Å². The molecule has 1 aromatic carbocycles. The number of nitrogens with zero attached hydrogens (tertiary/aromatic N) is 2. The summed E-state index contributed by atoms with van der Waals surface area (Å²) in [5.74, 6) is 2.04. The van der Waals surface area contributed by atoms with Crippen molar-refractivity contribution < 1.29 is 4.74 Å². The summed E-state index contributed by atoms with van der Waals surface area (Å²) in [5.41, 5.74) is 2.34. The highest BCUT2D eigenvalue weighted by molar-refractivity contribution is 6.30. The molecule has 0 radical (unpaired) electrons. The molecule has 0 spiro atoms. The molecule has 0 atom stereocenters. The molecular formula is C16H20ClN3O. The minimum atomic E-state index is 0.742. The van der Waals surface area contributed by atoms with Crippen molar-refractivity contribution in [2.75, 3.05) is 13.2 Å². The number of hydrogen-bond acceptors (Lipinski definition) is 3. The number of benzene rings is 1. The molecule has 1 aromatic heterocycles. The molecule has 4 nitrogen and oxygen atoms in total. The highest BCUT2D eigenvalue weighted by Gasteiger charge is 2.18. The van der Waals surface area contributed by atoms with Gasteiger partial charge in [-0.05, 0) is 30.7 Å². The van der Waals surface area contributed by atoms with Crippen molar-refractivity contribution >= 4 is 11.6 Å². The van der Waals surface area contributed by atoms with Crippen LogP contribution in [0.15, 0.2) is 24.5 Å². The Kier molecular flexibility index (Phi) is 4.46. The zero-order valence-electron chi connectivity index (χ0n) is 12.2. The molecule has 0 saturated carbocycles. The Labute approximate surface area is 130 Å². The highest BCUT2D eigenvalue weighted by atomic mass is 35.5. The number of nitrogens with one attached hydrogen (secondary N) is 1. The smallest absolute Gasteiger partial charge is 0.127 e. The fraction of sp³-hybridized carbons (Fsp3) is 0.438. The van der Waals surface area contributed by atoms with Crippen molar-refractivity contribution in [1.82, 2.24) is 14.9 Å². The first-order valence-corrected chi connectivity index (χ1v) is 7.80. The van der Waals surface area contributed by atoms with Gasteiger partial charge in [0.05, 0.1) is 19.7 Å². The Morgan fingerprint density at radius 3 is 3.19 bits per heavy atom. The van der Waals surface area contributed by atoms with Crippen molar-refractivity contribution in [3.63, 3.8) is 0 Å². The number of imidazole rings is 1. The number of halogens is 1. The maximum absolute atomic E-state index is 6.22. The quantitative estimate of drug-likeness (QED) is 0.834. The van der Waals surface area contributed by atoms with Crippen molar-refractivity contribution in [3.8, 4) is 5.75 Å². The second-order valence-corrected chi connectivity index (χ2v) is 5.74. The molecule has 0 amide bonds. The predicted molar refractivity (Wildman–Crippen MR) is 84.0 cm³/mol. The monoisotopic (exact) mass is 305 g/mol. The summed E-state index contributed by atoms with van der Waals surface area (Å²) in [6.45, 7) is 5.43. The Bertz CT molecular complexity index is 624. The Balaban J connectivity index is 1.80. The van der Waals surface area contributed by atoms with E-state index in [2.05, 4.69) is 21.8 Å². The lowest BCUT2D eigenvalue weighted by atomic mass is 10.1. The molecule has 3 rings (SSSR count). The minimum Gasteiger partial charge on any atom is -0.493 e. The molecule has 1 N–H and O–H groups in total. The van der Waals surface area contributed by atoms with E-state index in [0.717, 1.165) is 61.2 Å². The SMILES string of the molecule is CCCNCc1nccn1Cc1cc(Cl)cc2c1OCC2. The van der Waals surface area contributed by atoms with Crippen LogP contribution in [0.5, 0.6) is 5.75 Å². The topological polar surface area (TPSA) is 39.1 Å². The lowest BCUT2D eigenvalue weighted by molar-refractivity contribution is 0.352. The first kappa shape index (κ1) is 14.4. The molecule has 112 valence electrons. The summed E-state index contributed by atoms with van der Waals surface area (Å²) in [7, 11) is 0.